The molecule has 1 aliphatic rings. The van der Waals surface area contributed by atoms with Gasteiger partial charge in [0.1, 0.15) is 0 Å². The molecule has 0 aliphatic heterocycles. The van der Waals surface area contributed by atoms with E-state index in [2.05, 4.69) is 23.4 Å². The van der Waals surface area contributed by atoms with E-state index >= 15 is 0 Å². The lowest BCUT2D eigenvalue weighted by atomic mass is 9.89. The number of hydrazone groups is 1. The van der Waals surface area contributed by atoms with Crippen LogP contribution in [0.2, 0.25) is 0 Å². The van der Waals surface area contributed by atoms with Gasteiger partial charge in [-0.15, -0.1) is 0 Å². The van der Waals surface area contributed by atoms with Gasteiger partial charge in [-0.1, -0.05) is 18.2 Å². The van der Waals surface area contributed by atoms with E-state index in [-0.39, 0.29) is 5.91 Å². The van der Waals surface area contributed by atoms with Crippen LogP contribution in [0.1, 0.15) is 37.0 Å². The molecular formula is C24H26N4O2. The van der Waals surface area contributed by atoms with Gasteiger partial charge in [0.05, 0.1) is 17.1 Å². The van der Waals surface area contributed by atoms with Gasteiger partial charge in [0.15, 0.2) is 6.29 Å². The van der Waals surface area contributed by atoms with Crippen LogP contribution in [0.5, 0.6) is 0 Å². The number of fused-ring (bicyclic) bond motifs is 1. The van der Waals surface area contributed by atoms with Crippen LogP contribution < -0.4 is 16.1 Å². The molecule has 2 aromatic rings. The standard InChI is InChI=1S/C24H26N4O2/c1-16-4-8-19-9-10-20(25)14-22(19)24(16)28(27-17(2)15-29)21-11-5-18(6-12-21)7-13-23(30)26-3/h5-7,9-15H,4,8,25H2,1-3H3,(H,26,30)/b13-7+,27-17+. The maximum Gasteiger partial charge on any atom is 0.243 e. The van der Waals surface area contributed by atoms with Crippen LogP contribution in [-0.4, -0.2) is 25.0 Å². The Bertz CT molecular complexity index is 1050. The Kier molecular flexibility index (Phi) is 6.47. The fourth-order valence-corrected chi connectivity index (χ4v) is 3.40. The van der Waals surface area contributed by atoms with E-state index in [1.807, 2.05) is 41.4 Å². The van der Waals surface area contributed by atoms with Gasteiger partial charge in [-0.3, -0.25) is 9.59 Å². The first-order valence-electron chi connectivity index (χ1n) is 9.82. The van der Waals surface area contributed by atoms with Crippen molar-refractivity contribution in [3.63, 3.8) is 0 Å². The average Bonchev–Trinajstić information content (AvgIpc) is 2.76. The third-order valence-electron chi connectivity index (χ3n) is 5.01. The summed E-state index contributed by atoms with van der Waals surface area (Å²) in [4.78, 5) is 22.8. The van der Waals surface area contributed by atoms with Crippen LogP contribution in [-0.2, 0) is 16.0 Å². The summed E-state index contributed by atoms with van der Waals surface area (Å²) in [5, 5.41) is 8.95. The Labute approximate surface area is 176 Å². The van der Waals surface area contributed by atoms with Crippen LogP contribution >= 0.6 is 0 Å². The molecule has 1 amide bonds. The monoisotopic (exact) mass is 402 g/mol. The van der Waals surface area contributed by atoms with E-state index in [4.69, 9.17) is 5.73 Å². The number of hydrogen-bond donors (Lipinski definition) is 2. The lowest BCUT2D eigenvalue weighted by Gasteiger charge is -2.30. The van der Waals surface area contributed by atoms with E-state index < -0.39 is 0 Å². The van der Waals surface area contributed by atoms with Crippen molar-refractivity contribution in [1.29, 1.82) is 0 Å². The van der Waals surface area contributed by atoms with Crippen molar-refractivity contribution in [2.75, 3.05) is 17.8 Å². The molecule has 1 aliphatic carbocycles. The number of carbonyl (C=O) groups is 2. The number of likely N-dealkylation sites (N-methyl/N-ethyl adjacent to an activating group) is 1. The molecular weight excluding hydrogens is 376 g/mol. The summed E-state index contributed by atoms with van der Waals surface area (Å²) in [6.45, 7) is 3.76. The van der Waals surface area contributed by atoms with Crippen molar-refractivity contribution in [3.8, 4) is 0 Å². The number of nitrogens with two attached hydrogens (primary N) is 1. The number of carbonyl (C=O) groups excluding carboxylic acids is 2. The summed E-state index contributed by atoms with van der Waals surface area (Å²) in [5.41, 5.74) is 13.2. The molecule has 0 fully saturated rings. The molecule has 0 atom stereocenters. The predicted octanol–water partition coefficient (Wildman–Crippen LogP) is 3.79. The van der Waals surface area contributed by atoms with Gasteiger partial charge >= 0.3 is 0 Å². The molecule has 154 valence electrons. The summed E-state index contributed by atoms with van der Waals surface area (Å²) in [6, 6.07) is 13.6. The first-order chi connectivity index (χ1) is 14.4. The van der Waals surface area contributed by atoms with E-state index in [0.29, 0.717) is 11.4 Å². The van der Waals surface area contributed by atoms with Crippen LogP contribution in [0, 0.1) is 0 Å². The van der Waals surface area contributed by atoms with Crippen LogP contribution in [0.4, 0.5) is 11.4 Å². The Hall–Kier alpha value is -3.67. The summed E-state index contributed by atoms with van der Waals surface area (Å²) in [5.74, 6) is -0.163. The van der Waals surface area contributed by atoms with Crippen molar-refractivity contribution in [3.05, 3.63) is 70.8 Å². The lowest BCUT2D eigenvalue weighted by molar-refractivity contribution is -0.116. The van der Waals surface area contributed by atoms with Crippen molar-refractivity contribution in [2.24, 2.45) is 5.10 Å². The highest BCUT2D eigenvalue weighted by atomic mass is 16.1. The second kappa shape index (κ2) is 9.22. The minimum absolute atomic E-state index is 0.163. The Morgan fingerprint density at radius 2 is 1.90 bits per heavy atom. The number of aldehydes is 1. The molecule has 0 saturated heterocycles. The topological polar surface area (TPSA) is 87.8 Å². The number of benzene rings is 2. The zero-order valence-electron chi connectivity index (χ0n) is 17.5. The highest BCUT2D eigenvalue weighted by Gasteiger charge is 2.23. The molecule has 3 rings (SSSR count). The molecule has 0 spiro atoms. The minimum Gasteiger partial charge on any atom is -0.399 e. The molecule has 0 saturated carbocycles. The largest absolute Gasteiger partial charge is 0.399 e. The quantitative estimate of drug-likeness (QED) is 0.253. The zero-order chi connectivity index (χ0) is 21.7. The van der Waals surface area contributed by atoms with Crippen molar-refractivity contribution < 1.29 is 9.59 Å². The molecule has 30 heavy (non-hydrogen) atoms. The maximum atomic E-state index is 11.4. The fourth-order valence-electron chi connectivity index (χ4n) is 3.40. The Balaban J connectivity index is 2.07. The zero-order valence-corrected chi connectivity index (χ0v) is 17.5. The molecule has 6 nitrogen and oxygen atoms in total. The molecule has 0 aromatic heterocycles. The van der Waals surface area contributed by atoms with Crippen molar-refractivity contribution in [2.45, 2.75) is 26.7 Å². The van der Waals surface area contributed by atoms with Gasteiger partial charge in [0.25, 0.3) is 0 Å². The van der Waals surface area contributed by atoms with Gasteiger partial charge < -0.3 is 11.1 Å². The second-order valence-corrected chi connectivity index (χ2v) is 7.26. The third kappa shape index (κ3) is 4.66. The SMILES string of the molecule is CNC(=O)/C=C/c1ccc(N(/N=C(\C)C=O)C2=C(C)CCc3ccc(N)cc32)cc1. The van der Waals surface area contributed by atoms with Gasteiger partial charge in [-0.2, -0.15) is 5.10 Å². The number of rotatable bonds is 6. The molecule has 0 bridgehead atoms. The number of nitrogens with one attached hydrogen (secondary N) is 1. The fraction of sp³-hybridized carbons (Fsp3) is 0.208. The van der Waals surface area contributed by atoms with Crippen molar-refractivity contribution in [1.82, 2.24) is 5.32 Å². The van der Waals surface area contributed by atoms with Crippen LogP contribution in [0.15, 0.2) is 59.2 Å². The molecule has 0 unspecified atom stereocenters. The predicted molar refractivity (Wildman–Crippen MR) is 123 cm³/mol. The molecule has 0 heterocycles. The Morgan fingerprint density at radius 3 is 2.57 bits per heavy atom. The molecule has 6 heteroatoms. The number of aryl methyl sites for hydroxylation is 1. The average molecular weight is 402 g/mol. The normalized spacial score (nSPS) is 13.9. The van der Waals surface area contributed by atoms with Gasteiger partial charge in [0, 0.05) is 24.4 Å². The number of allylic oxidation sites excluding steroid dienone is 1. The number of nitrogens with zero attached hydrogens (tertiary/aromatic N) is 2. The van der Waals surface area contributed by atoms with Gasteiger partial charge in [-0.05, 0) is 73.7 Å². The second-order valence-electron chi connectivity index (χ2n) is 7.26. The molecule has 0 radical (unpaired) electrons. The summed E-state index contributed by atoms with van der Waals surface area (Å²) >= 11 is 0. The number of amides is 1. The third-order valence-corrected chi connectivity index (χ3v) is 5.01. The molecule has 2 aromatic carbocycles. The summed E-state index contributed by atoms with van der Waals surface area (Å²) in [6.07, 6.45) is 5.82. The minimum atomic E-state index is -0.163. The molecule has 3 N–H and O–H groups in total. The Morgan fingerprint density at radius 1 is 1.17 bits per heavy atom. The van der Waals surface area contributed by atoms with Crippen LogP contribution in [0.3, 0.4) is 0 Å². The number of nitrogen functional groups attached to an aromatic ring is 1. The summed E-state index contributed by atoms with van der Waals surface area (Å²) < 4.78 is 0. The highest BCUT2D eigenvalue weighted by Crippen LogP contribution is 2.37. The van der Waals surface area contributed by atoms with E-state index in [0.717, 1.165) is 41.6 Å². The van der Waals surface area contributed by atoms with Crippen LogP contribution in [0.25, 0.3) is 11.8 Å². The lowest BCUT2D eigenvalue weighted by Crippen LogP contribution is -2.22. The maximum absolute atomic E-state index is 11.4. The van der Waals surface area contributed by atoms with E-state index in [1.54, 1.807) is 20.0 Å². The number of hydrogen-bond acceptors (Lipinski definition) is 5. The van der Waals surface area contributed by atoms with E-state index in [1.165, 1.54) is 17.2 Å². The smallest absolute Gasteiger partial charge is 0.243 e. The van der Waals surface area contributed by atoms with Crippen molar-refractivity contribution >= 4 is 41.1 Å². The highest BCUT2D eigenvalue weighted by molar-refractivity contribution is 6.27. The van der Waals surface area contributed by atoms with Gasteiger partial charge in [0.2, 0.25) is 5.91 Å². The first-order valence-corrected chi connectivity index (χ1v) is 9.82. The van der Waals surface area contributed by atoms with Gasteiger partial charge in [-0.25, -0.2) is 5.01 Å². The summed E-state index contributed by atoms with van der Waals surface area (Å²) in [7, 11) is 1.59. The number of anilines is 2. The van der Waals surface area contributed by atoms with E-state index in [9.17, 15) is 9.59 Å². The first kappa shape index (κ1) is 21.0.